The van der Waals surface area contributed by atoms with Crippen LogP contribution in [0, 0.1) is 5.82 Å². The van der Waals surface area contributed by atoms with Crippen molar-refractivity contribution in [3.63, 3.8) is 0 Å². The van der Waals surface area contributed by atoms with E-state index in [-0.39, 0.29) is 18.2 Å². The van der Waals surface area contributed by atoms with E-state index in [2.05, 4.69) is 11.4 Å². The van der Waals surface area contributed by atoms with Gasteiger partial charge in [-0.3, -0.25) is 0 Å². The fourth-order valence-electron chi connectivity index (χ4n) is 1.73. The molecule has 2 rings (SSSR count). The van der Waals surface area contributed by atoms with Gasteiger partial charge in [-0.05, 0) is 37.1 Å². The molecular formula is C12H15ClFN. The van der Waals surface area contributed by atoms with Gasteiger partial charge in [-0.1, -0.05) is 23.8 Å². The van der Waals surface area contributed by atoms with Crippen LogP contribution in [0.5, 0.6) is 0 Å². The Kier molecular flexibility index (Phi) is 4.79. The summed E-state index contributed by atoms with van der Waals surface area (Å²) in [6.07, 6.45) is 4.39. The Labute approximate surface area is 95.8 Å². The Morgan fingerprint density at radius 1 is 1.33 bits per heavy atom. The Morgan fingerprint density at radius 2 is 2.20 bits per heavy atom. The highest BCUT2D eigenvalue weighted by Gasteiger charge is 2.03. The molecule has 0 bridgehead atoms. The van der Waals surface area contributed by atoms with Crippen molar-refractivity contribution < 1.29 is 4.39 Å². The monoisotopic (exact) mass is 227 g/mol. The number of rotatable bonds is 1. The molecule has 0 radical (unpaired) electrons. The van der Waals surface area contributed by atoms with Crippen molar-refractivity contribution in [3.05, 3.63) is 41.2 Å². The van der Waals surface area contributed by atoms with E-state index in [1.165, 1.54) is 18.1 Å². The summed E-state index contributed by atoms with van der Waals surface area (Å²) >= 11 is 0. The molecule has 1 aromatic rings. The van der Waals surface area contributed by atoms with E-state index in [0.29, 0.717) is 0 Å². The number of hydrogen-bond acceptors (Lipinski definition) is 1. The van der Waals surface area contributed by atoms with E-state index in [4.69, 9.17) is 0 Å². The minimum atomic E-state index is -0.164. The molecule has 1 aliphatic rings. The maximum absolute atomic E-state index is 12.9. The van der Waals surface area contributed by atoms with Crippen molar-refractivity contribution in [2.75, 3.05) is 13.1 Å². The summed E-state index contributed by atoms with van der Waals surface area (Å²) in [5.41, 5.74) is 2.32. The second-order valence-electron chi connectivity index (χ2n) is 3.64. The number of nitrogens with one attached hydrogen (secondary N) is 1. The van der Waals surface area contributed by atoms with Gasteiger partial charge in [0.05, 0.1) is 0 Å². The Bertz CT molecular complexity index is 341. The third-order valence-electron chi connectivity index (χ3n) is 2.42. The second kappa shape index (κ2) is 5.89. The zero-order valence-electron chi connectivity index (χ0n) is 8.50. The number of hydrogen-bond donors (Lipinski definition) is 1. The Balaban J connectivity index is 0.00000112. The van der Waals surface area contributed by atoms with Gasteiger partial charge in [0, 0.05) is 6.54 Å². The molecule has 1 heterocycles. The van der Waals surface area contributed by atoms with Gasteiger partial charge in [0.1, 0.15) is 5.82 Å². The van der Waals surface area contributed by atoms with Crippen LogP contribution in [0.3, 0.4) is 0 Å². The number of halogens is 2. The Morgan fingerprint density at radius 3 is 2.87 bits per heavy atom. The third kappa shape index (κ3) is 3.65. The molecule has 0 unspecified atom stereocenters. The van der Waals surface area contributed by atoms with Gasteiger partial charge in [0.15, 0.2) is 0 Å². The van der Waals surface area contributed by atoms with Crippen molar-refractivity contribution in [1.29, 1.82) is 0 Å². The summed E-state index contributed by atoms with van der Waals surface area (Å²) < 4.78 is 12.9. The smallest absolute Gasteiger partial charge is 0.123 e. The maximum atomic E-state index is 12.9. The lowest BCUT2D eigenvalue weighted by Crippen LogP contribution is -2.23. The first-order valence-electron chi connectivity index (χ1n) is 5.00. The summed E-state index contributed by atoms with van der Waals surface area (Å²) in [6.45, 7) is 2.04. The van der Waals surface area contributed by atoms with Crippen LogP contribution >= 0.6 is 12.4 Å². The minimum Gasteiger partial charge on any atom is -0.313 e. The molecule has 82 valence electrons. The highest BCUT2D eigenvalue weighted by Crippen LogP contribution is 2.14. The minimum absolute atomic E-state index is 0. The van der Waals surface area contributed by atoms with Gasteiger partial charge < -0.3 is 5.32 Å². The fourth-order valence-corrected chi connectivity index (χ4v) is 1.73. The lowest BCUT2D eigenvalue weighted by atomic mass is 10.0. The second-order valence-corrected chi connectivity index (χ2v) is 3.64. The molecule has 1 fully saturated rings. The number of benzene rings is 1. The van der Waals surface area contributed by atoms with Gasteiger partial charge in [0.2, 0.25) is 0 Å². The molecule has 1 nitrogen and oxygen atoms in total. The lowest BCUT2D eigenvalue weighted by molar-refractivity contribution is 0.612. The molecule has 1 aromatic carbocycles. The standard InChI is InChI=1S/C12H14FN.ClH/c13-12-5-1-3-10(8-12)7-11-4-2-6-14-9-11;/h1,3,5,7-8,14H,2,4,6,9H2;1H. The average Bonchev–Trinajstić information content (AvgIpc) is 2.19. The van der Waals surface area contributed by atoms with Crippen LogP contribution in [0.2, 0.25) is 0 Å². The van der Waals surface area contributed by atoms with Crippen LogP contribution in [0.15, 0.2) is 29.8 Å². The van der Waals surface area contributed by atoms with E-state index in [9.17, 15) is 4.39 Å². The normalized spacial score (nSPS) is 18.6. The molecule has 15 heavy (non-hydrogen) atoms. The van der Waals surface area contributed by atoms with Crippen molar-refractivity contribution in [3.8, 4) is 0 Å². The van der Waals surface area contributed by atoms with Gasteiger partial charge in [0.25, 0.3) is 0 Å². The van der Waals surface area contributed by atoms with Crippen LogP contribution in [-0.2, 0) is 0 Å². The van der Waals surface area contributed by atoms with E-state index in [0.717, 1.165) is 25.1 Å². The molecule has 1 saturated heterocycles. The van der Waals surface area contributed by atoms with E-state index in [1.807, 2.05) is 6.07 Å². The molecule has 1 aliphatic heterocycles. The topological polar surface area (TPSA) is 12.0 Å². The molecule has 0 saturated carbocycles. The van der Waals surface area contributed by atoms with Gasteiger partial charge in [-0.15, -0.1) is 12.4 Å². The maximum Gasteiger partial charge on any atom is 0.123 e. The zero-order valence-corrected chi connectivity index (χ0v) is 9.32. The molecule has 3 heteroatoms. The lowest BCUT2D eigenvalue weighted by Gasteiger charge is -2.15. The van der Waals surface area contributed by atoms with Crippen molar-refractivity contribution in [2.45, 2.75) is 12.8 Å². The molecule has 0 atom stereocenters. The van der Waals surface area contributed by atoms with Crippen molar-refractivity contribution in [2.24, 2.45) is 0 Å². The largest absolute Gasteiger partial charge is 0.313 e. The molecule has 0 amide bonds. The fraction of sp³-hybridized carbons (Fsp3) is 0.333. The molecular weight excluding hydrogens is 213 g/mol. The highest BCUT2D eigenvalue weighted by molar-refractivity contribution is 5.85. The van der Waals surface area contributed by atoms with Crippen LogP contribution < -0.4 is 5.32 Å². The van der Waals surface area contributed by atoms with Gasteiger partial charge in [-0.25, -0.2) is 4.39 Å². The van der Waals surface area contributed by atoms with Crippen LogP contribution in [0.25, 0.3) is 6.08 Å². The predicted molar refractivity (Wildman–Crippen MR) is 63.7 cm³/mol. The van der Waals surface area contributed by atoms with Gasteiger partial charge >= 0.3 is 0 Å². The first kappa shape index (κ1) is 12.2. The zero-order chi connectivity index (χ0) is 9.80. The predicted octanol–water partition coefficient (Wildman–Crippen LogP) is 3.01. The van der Waals surface area contributed by atoms with E-state index >= 15 is 0 Å². The molecule has 1 N–H and O–H groups in total. The Hall–Kier alpha value is -0.860. The molecule has 0 spiro atoms. The van der Waals surface area contributed by atoms with E-state index < -0.39 is 0 Å². The summed E-state index contributed by atoms with van der Waals surface area (Å²) in [5, 5.41) is 3.31. The number of piperidine rings is 1. The summed E-state index contributed by atoms with van der Waals surface area (Å²) in [7, 11) is 0. The first-order valence-corrected chi connectivity index (χ1v) is 5.00. The third-order valence-corrected chi connectivity index (χ3v) is 2.42. The van der Waals surface area contributed by atoms with Crippen LogP contribution in [-0.4, -0.2) is 13.1 Å². The summed E-state index contributed by atoms with van der Waals surface area (Å²) in [5.74, 6) is -0.164. The average molecular weight is 228 g/mol. The van der Waals surface area contributed by atoms with Crippen LogP contribution in [0.4, 0.5) is 4.39 Å². The SMILES string of the molecule is Cl.Fc1cccc(C=C2CCCNC2)c1. The van der Waals surface area contributed by atoms with Gasteiger partial charge in [-0.2, -0.15) is 0 Å². The molecule has 0 aliphatic carbocycles. The first-order chi connectivity index (χ1) is 6.84. The molecule has 0 aromatic heterocycles. The van der Waals surface area contributed by atoms with Crippen molar-refractivity contribution in [1.82, 2.24) is 5.32 Å². The highest BCUT2D eigenvalue weighted by atomic mass is 35.5. The van der Waals surface area contributed by atoms with Crippen LogP contribution in [0.1, 0.15) is 18.4 Å². The van der Waals surface area contributed by atoms with E-state index in [1.54, 1.807) is 12.1 Å². The quantitative estimate of drug-likeness (QED) is 0.778. The summed E-state index contributed by atoms with van der Waals surface area (Å²) in [6, 6.07) is 6.73. The van der Waals surface area contributed by atoms with Crippen molar-refractivity contribution >= 4 is 18.5 Å². The summed E-state index contributed by atoms with van der Waals surface area (Å²) in [4.78, 5) is 0.